The monoisotopic (exact) mass is 381 g/mol. The Morgan fingerprint density at radius 3 is 2.74 bits per heavy atom. The van der Waals surface area contributed by atoms with E-state index >= 15 is 0 Å². The number of aromatic nitrogens is 2. The molecule has 1 aliphatic rings. The number of anilines is 1. The second-order valence-corrected chi connectivity index (χ2v) is 8.10. The largest absolute Gasteiger partial charge is 0.490 e. The number of thiophene rings is 1. The van der Waals surface area contributed by atoms with Crippen LogP contribution in [-0.2, 0) is 0 Å². The first-order valence-electron chi connectivity index (χ1n) is 9.33. The number of aryl methyl sites for hydroxylation is 3. The second-order valence-electron chi connectivity index (χ2n) is 7.10. The second kappa shape index (κ2) is 7.27. The van der Waals surface area contributed by atoms with Gasteiger partial charge in [-0.15, -0.1) is 11.3 Å². The Balaban J connectivity index is 1.56. The van der Waals surface area contributed by atoms with Crippen LogP contribution in [0.1, 0.15) is 52.4 Å². The third-order valence-electron chi connectivity index (χ3n) is 4.99. The molecule has 0 saturated heterocycles. The summed E-state index contributed by atoms with van der Waals surface area (Å²) in [6, 6.07) is 7.64. The summed E-state index contributed by atoms with van der Waals surface area (Å²) in [5.41, 5.74) is 2.59. The predicted octanol–water partition coefficient (Wildman–Crippen LogP) is 5.19. The highest BCUT2D eigenvalue weighted by molar-refractivity contribution is 7.20. The van der Waals surface area contributed by atoms with Crippen molar-refractivity contribution in [2.24, 2.45) is 0 Å². The molecule has 0 aliphatic heterocycles. The lowest BCUT2D eigenvalue weighted by Gasteiger charge is -2.14. The molecule has 1 saturated carbocycles. The maximum atomic E-state index is 12.9. The number of rotatable bonds is 4. The number of nitrogens with one attached hydrogen (secondary N) is 1. The molecule has 1 fully saturated rings. The molecule has 2 heterocycles. The van der Waals surface area contributed by atoms with Crippen molar-refractivity contribution in [1.82, 2.24) is 9.97 Å². The number of benzene rings is 1. The summed E-state index contributed by atoms with van der Waals surface area (Å²) in [6.45, 7) is 5.79. The Labute approximate surface area is 162 Å². The van der Waals surface area contributed by atoms with E-state index in [-0.39, 0.29) is 5.91 Å². The third kappa shape index (κ3) is 3.67. The molecular formula is C21H23N3O2S. The van der Waals surface area contributed by atoms with Crippen LogP contribution in [-0.4, -0.2) is 22.0 Å². The summed E-state index contributed by atoms with van der Waals surface area (Å²) < 4.78 is 6.04. The van der Waals surface area contributed by atoms with Crippen LogP contribution in [0, 0.1) is 20.8 Å². The van der Waals surface area contributed by atoms with Crippen molar-refractivity contribution < 1.29 is 9.53 Å². The first kappa shape index (κ1) is 17.9. The number of fused-ring (bicyclic) bond motifs is 1. The predicted molar refractivity (Wildman–Crippen MR) is 109 cm³/mol. The molecule has 0 spiro atoms. The van der Waals surface area contributed by atoms with Crippen LogP contribution in [0.2, 0.25) is 0 Å². The fraction of sp³-hybridized carbons (Fsp3) is 0.381. The molecule has 1 aliphatic carbocycles. The number of hydrogen-bond acceptors (Lipinski definition) is 5. The van der Waals surface area contributed by atoms with Gasteiger partial charge in [-0.1, -0.05) is 6.07 Å². The van der Waals surface area contributed by atoms with E-state index in [0.717, 1.165) is 51.6 Å². The van der Waals surface area contributed by atoms with E-state index in [4.69, 9.17) is 4.74 Å². The van der Waals surface area contributed by atoms with Crippen LogP contribution in [0.25, 0.3) is 10.2 Å². The minimum absolute atomic E-state index is 0.120. The average Bonchev–Trinajstić information content (AvgIpc) is 3.23. The Kier molecular flexibility index (Phi) is 4.83. The highest BCUT2D eigenvalue weighted by Gasteiger charge is 2.20. The number of ether oxygens (including phenoxy) is 1. The van der Waals surface area contributed by atoms with Gasteiger partial charge in [-0.05, 0) is 64.2 Å². The highest BCUT2D eigenvalue weighted by Crippen LogP contribution is 2.32. The van der Waals surface area contributed by atoms with Gasteiger partial charge in [-0.25, -0.2) is 9.97 Å². The number of carbonyl (C=O) groups excluding carboxylic acids is 1. The van der Waals surface area contributed by atoms with Gasteiger partial charge in [0, 0.05) is 22.8 Å². The fourth-order valence-corrected chi connectivity index (χ4v) is 4.90. The van der Waals surface area contributed by atoms with Gasteiger partial charge >= 0.3 is 0 Å². The molecule has 6 heteroatoms. The molecular weight excluding hydrogens is 358 g/mol. The topological polar surface area (TPSA) is 64.1 Å². The van der Waals surface area contributed by atoms with Crippen molar-refractivity contribution in [1.29, 1.82) is 0 Å². The minimum Gasteiger partial charge on any atom is -0.490 e. The molecule has 1 aromatic carbocycles. The molecule has 1 N–H and O–H groups in total. The summed E-state index contributed by atoms with van der Waals surface area (Å²) >= 11 is 1.42. The van der Waals surface area contributed by atoms with Gasteiger partial charge in [0.2, 0.25) is 0 Å². The summed E-state index contributed by atoms with van der Waals surface area (Å²) in [5.74, 6) is 1.42. The highest BCUT2D eigenvalue weighted by atomic mass is 32.1. The lowest BCUT2D eigenvalue weighted by atomic mass is 10.1. The van der Waals surface area contributed by atoms with E-state index in [1.807, 2.05) is 45.0 Å². The Hall–Kier alpha value is -2.47. The van der Waals surface area contributed by atoms with Crippen LogP contribution < -0.4 is 10.1 Å². The molecule has 1 amide bonds. The molecule has 27 heavy (non-hydrogen) atoms. The minimum atomic E-state index is -0.120. The summed E-state index contributed by atoms with van der Waals surface area (Å²) in [5, 5.41) is 3.98. The maximum absolute atomic E-state index is 12.9. The zero-order chi connectivity index (χ0) is 19.0. The number of carbonyl (C=O) groups is 1. The Morgan fingerprint density at radius 1 is 1.19 bits per heavy atom. The Bertz CT molecular complexity index is 1010. The van der Waals surface area contributed by atoms with Crippen molar-refractivity contribution in [3.05, 3.63) is 46.2 Å². The summed E-state index contributed by atoms with van der Waals surface area (Å²) in [7, 11) is 0. The molecule has 140 valence electrons. The molecule has 4 rings (SSSR count). The van der Waals surface area contributed by atoms with E-state index in [0.29, 0.717) is 11.0 Å². The standard InChI is InChI=1S/C21H23N3O2S/c1-12-18-13(2)22-14(3)23-21(18)27-19(12)20(25)24-15-7-6-10-17(11-15)26-16-8-4-5-9-16/h6-7,10-11,16H,4-5,8-9H2,1-3H3,(H,24,25). The molecule has 0 radical (unpaired) electrons. The van der Waals surface area contributed by atoms with Crippen molar-refractivity contribution >= 4 is 33.1 Å². The molecule has 3 aromatic rings. The van der Waals surface area contributed by atoms with Gasteiger partial charge in [0.25, 0.3) is 5.91 Å². The van der Waals surface area contributed by atoms with E-state index in [2.05, 4.69) is 15.3 Å². The average molecular weight is 382 g/mol. The van der Waals surface area contributed by atoms with Crippen molar-refractivity contribution in [2.45, 2.75) is 52.6 Å². The zero-order valence-electron chi connectivity index (χ0n) is 15.8. The zero-order valence-corrected chi connectivity index (χ0v) is 16.7. The van der Waals surface area contributed by atoms with E-state index < -0.39 is 0 Å². The summed E-state index contributed by atoms with van der Waals surface area (Å²) in [6.07, 6.45) is 4.97. The van der Waals surface area contributed by atoms with Crippen LogP contribution in [0.4, 0.5) is 5.69 Å². The third-order valence-corrected chi connectivity index (χ3v) is 6.17. The van der Waals surface area contributed by atoms with E-state index in [1.165, 1.54) is 24.2 Å². The lowest BCUT2D eigenvalue weighted by Crippen LogP contribution is -2.13. The van der Waals surface area contributed by atoms with Crippen molar-refractivity contribution in [3.8, 4) is 5.75 Å². The SMILES string of the molecule is Cc1nc(C)c2c(C)c(C(=O)Nc3cccc(OC4CCCC4)c3)sc2n1. The number of amides is 1. The quantitative estimate of drug-likeness (QED) is 0.675. The molecule has 2 aromatic heterocycles. The van der Waals surface area contributed by atoms with Gasteiger partial charge in [0.1, 0.15) is 16.4 Å². The normalized spacial score (nSPS) is 14.6. The lowest BCUT2D eigenvalue weighted by molar-refractivity contribution is 0.103. The van der Waals surface area contributed by atoms with Crippen LogP contribution in [0.3, 0.4) is 0 Å². The number of nitrogens with zero attached hydrogens (tertiary/aromatic N) is 2. The molecule has 0 bridgehead atoms. The van der Waals surface area contributed by atoms with Gasteiger partial charge in [-0.3, -0.25) is 4.79 Å². The van der Waals surface area contributed by atoms with Gasteiger partial charge in [-0.2, -0.15) is 0 Å². The van der Waals surface area contributed by atoms with Crippen molar-refractivity contribution in [3.63, 3.8) is 0 Å². The molecule has 5 nitrogen and oxygen atoms in total. The van der Waals surface area contributed by atoms with Gasteiger partial charge in [0.05, 0.1) is 11.0 Å². The fourth-order valence-electron chi connectivity index (χ4n) is 3.72. The molecule has 0 unspecified atom stereocenters. The maximum Gasteiger partial charge on any atom is 0.266 e. The first-order valence-corrected chi connectivity index (χ1v) is 10.2. The van der Waals surface area contributed by atoms with Crippen LogP contribution >= 0.6 is 11.3 Å². The smallest absolute Gasteiger partial charge is 0.266 e. The van der Waals surface area contributed by atoms with E-state index in [1.54, 1.807) is 0 Å². The Morgan fingerprint density at radius 2 is 1.96 bits per heavy atom. The molecule has 0 atom stereocenters. The van der Waals surface area contributed by atoms with Crippen LogP contribution in [0.5, 0.6) is 5.75 Å². The van der Waals surface area contributed by atoms with Crippen molar-refractivity contribution in [2.75, 3.05) is 5.32 Å². The first-order chi connectivity index (χ1) is 13.0. The van der Waals surface area contributed by atoms with E-state index in [9.17, 15) is 4.79 Å². The van der Waals surface area contributed by atoms with Gasteiger partial charge in [0.15, 0.2) is 0 Å². The van der Waals surface area contributed by atoms with Crippen LogP contribution in [0.15, 0.2) is 24.3 Å². The number of hydrogen-bond donors (Lipinski definition) is 1. The summed E-state index contributed by atoms with van der Waals surface area (Å²) in [4.78, 5) is 23.3. The van der Waals surface area contributed by atoms with Gasteiger partial charge < -0.3 is 10.1 Å².